The molecule has 0 spiro atoms. The number of aromatic nitrogens is 2. The number of nitrogens with one attached hydrogen (secondary N) is 2. The van der Waals surface area contributed by atoms with Gasteiger partial charge in [0.25, 0.3) is 5.91 Å². The second-order valence-corrected chi connectivity index (χ2v) is 4.88. The SMILES string of the molecule is CC(C)N(CCNC(=O)c1cn[nH]c1N)C(C)C. The van der Waals surface area contributed by atoms with Crippen molar-refractivity contribution in [3.05, 3.63) is 11.8 Å². The van der Waals surface area contributed by atoms with Gasteiger partial charge in [0.2, 0.25) is 0 Å². The average molecular weight is 253 g/mol. The second-order valence-electron chi connectivity index (χ2n) is 4.88. The lowest BCUT2D eigenvalue weighted by Crippen LogP contribution is -2.42. The number of hydrogen-bond acceptors (Lipinski definition) is 4. The lowest BCUT2D eigenvalue weighted by Gasteiger charge is -2.30. The van der Waals surface area contributed by atoms with Crippen molar-refractivity contribution in [3.8, 4) is 0 Å². The van der Waals surface area contributed by atoms with E-state index in [1.54, 1.807) is 0 Å². The molecule has 102 valence electrons. The molecule has 0 atom stereocenters. The van der Waals surface area contributed by atoms with Gasteiger partial charge in [0.1, 0.15) is 11.4 Å². The van der Waals surface area contributed by atoms with E-state index in [1.807, 2.05) is 0 Å². The van der Waals surface area contributed by atoms with Gasteiger partial charge in [0, 0.05) is 25.2 Å². The third-order valence-electron chi connectivity index (χ3n) is 2.90. The number of H-pyrrole nitrogens is 1. The Hall–Kier alpha value is -1.56. The summed E-state index contributed by atoms with van der Waals surface area (Å²) in [6.45, 7) is 10.0. The first-order valence-corrected chi connectivity index (χ1v) is 6.26. The molecule has 6 heteroatoms. The molecule has 0 aliphatic rings. The minimum atomic E-state index is -0.186. The van der Waals surface area contributed by atoms with Crippen LogP contribution in [0.4, 0.5) is 5.82 Å². The van der Waals surface area contributed by atoms with Gasteiger partial charge in [-0.15, -0.1) is 0 Å². The Labute approximate surface area is 108 Å². The predicted molar refractivity (Wildman–Crippen MR) is 72.3 cm³/mol. The highest BCUT2D eigenvalue weighted by atomic mass is 16.1. The van der Waals surface area contributed by atoms with E-state index in [0.29, 0.717) is 30.0 Å². The van der Waals surface area contributed by atoms with E-state index in [4.69, 9.17) is 5.73 Å². The Morgan fingerprint density at radius 1 is 1.44 bits per heavy atom. The van der Waals surface area contributed by atoms with Crippen LogP contribution in [0.5, 0.6) is 0 Å². The Morgan fingerprint density at radius 3 is 2.50 bits per heavy atom. The number of nitrogens with two attached hydrogens (primary N) is 1. The second kappa shape index (κ2) is 6.39. The molecule has 0 saturated heterocycles. The molecule has 0 aliphatic carbocycles. The number of carbonyl (C=O) groups excluding carboxylic acids is 1. The molecule has 0 unspecified atom stereocenters. The Morgan fingerprint density at radius 2 is 2.06 bits per heavy atom. The largest absolute Gasteiger partial charge is 0.383 e. The van der Waals surface area contributed by atoms with Gasteiger partial charge in [-0.2, -0.15) is 5.10 Å². The molecule has 0 aliphatic heterocycles. The summed E-state index contributed by atoms with van der Waals surface area (Å²) in [4.78, 5) is 14.1. The van der Waals surface area contributed by atoms with Crippen molar-refractivity contribution >= 4 is 11.7 Å². The Bertz CT molecular complexity index is 378. The van der Waals surface area contributed by atoms with Crippen molar-refractivity contribution in [3.63, 3.8) is 0 Å². The summed E-state index contributed by atoms with van der Waals surface area (Å²) in [6, 6.07) is 0.918. The number of carbonyl (C=O) groups is 1. The molecule has 4 N–H and O–H groups in total. The molecule has 1 aromatic rings. The van der Waals surface area contributed by atoms with Gasteiger partial charge in [-0.1, -0.05) is 0 Å². The van der Waals surface area contributed by atoms with E-state index in [9.17, 15) is 4.79 Å². The Kier molecular flexibility index (Phi) is 5.15. The minimum absolute atomic E-state index is 0.186. The number of nitrogens with zero attached hydrogens (tertiary/aromatic N) is 2. The van der Waals surface area contributed by atoms with Crippen molar-refractivity contribution in [2.75, 3.05) is 18.8 Å². The molecule has 0 radical (unpaired) electrons. The summed E-state index contributed by atoms with van der Waals surface area (Å²) >= 11 is 0. The zero-order chi connectivity index (χ0) is 13.7. The molecule has 0 saturated carbocycles. The molecule has 1 heterocycles. The Balaban J connectivity index is 2.42. The highest BCUT2D eigenvalue weighted by Gasteiger charge is 2.14. The summed E-state index contributed by atoms with van der Waals surface area (Å²) in [5.74, 6) is 0.116. The van der Waals surface area contributed by atoms with Gasteiger partial charge in [0.05, 0.1) is 6.20 Å². The van der Waals surface area contributed by atoms with Gasteiger partial charge < -0.3 is 11.1 Å². The summed E-state index contributed by atoms with van der Waals surface area (Å²) in [6.07, 6.45) is 1.44. The molecule has 0 fully saturated rings. The van der Waals surface area contributed by atoms with Gasteiger partial charge in [-0.3, -0.25) is 14.8 Å². The van der Waals surface area contributed by atoms with Crippen molar-refractivity contribution in [2.45, 2.75) is 39.8 Å². The number of rotatable bonds is 6. The fourth-order valence-electron chi connectivity index (χ4n) is 1.98. The molecule has 0 bridgehead atoms. The lowest BCUT2D eigenvalue weighted by molar-refractivity contribution is 0.0940. The van der Waals surface area contributed by atoms with Crippen LogP contribution in [0.1, 0.15) is 38.1 Å². The number of nitrogen functional groups attached to an aromatic ring is 1. The van der Waals surface area contributed by atoms with E-state index in [2.05, 4.69) is 48.1 Å². The van der Waals surface area contributed by atoms with Gasteiger partial charge in [0.15, 0.2) is 0 Å². The molecule has 1 aromatic heterocycles. The topological polar surface area (TPSA) is 87.0 Å². The van der Waals surface area contributed by atoms with E-state index in [-0.39, 0.29) is 5.91 Å². The highest BCUT2D eigenvalue weighted by Crippen LogP contribution is 2.06. The van der Waals surface area contributed by atoms with Gasteiger partial charge in [-0.05, 0) is 27.7 Å². The van der Waals surface area contributed by atoms with Crippen molar-refractivity contribution in [1.29, 1.82) is 0 Å². The van der Waals surface area contributed by atoms with Gasteiger partial charge >= 0.3 is 0 Å². The smallest absolute Gasteiger partial charge is 0.256 e. The normalized spacial score (nSPS) is 11.5. The first-order chi connectivity index (χ1) is 8.43. The van der Waals surface area contributed by atoms with E-state index in [0.717, 1.165) is 6.54 Å². The van der Waals surface area contributed by atoms with Crippen LogP contribution in [0, 0.1) is 0 Å². The standard InChI is InChI=1S/C12H23N5O/c1-8(2)17(9(3)4)6-5-14-12(18)10-7-15-16-11(10)13/h7-9H,5-6H2,1-4H3,(H,14,18)(H3,13,15,16). The van der Waals surface area contributed by atoms with Crippen LogP contribution in [-0.4, -0.2) is 46.2 Å². The minimum Gasteiger partial charge on any atom is -0.383 e. The zero-order valence-corrected chi connectivity index (χ0v) is 11.5. The monoisotopic (exact) mass is 253 g/mol. The number of anilines is 1. The fourth-order valence-corrected chi connectivity index (χ4v) is 1.98. The van der Waals surface area contributed by atoms with Crippen molar-refractivity contribution in [2.24, 2.45) is 0 Å². The van der Waals surface area contributed by atoms with E-state index in [1.165, 1.54) is 6.20 Å². The summed E-state index contributed by atoms with van der Waals surface area (Å²) in [7, 11) is 0. The van der Waals surface area contributed by atoms with Crippen LogP contribution in [0.15, 0.2) is 6.20 Å². The third kappa shape index (κ3) is 3.73. The predicted octanol–water partition coefficient (Wildman–Crippen LogP) is 0.841. The molecule has 6 nitrogen and oxygen atoms in total. The number of aromatic amines is 1. The quantitative estimate of drug-likeness (QED) is 0.701. The molecular formula is C12H23N5O. The maximum Gasteiger partial charge on any atom is 0.256 e. The molecule has 0 aromatic carbocycles. The first-order valence-electron chi connectivity index (χ1n) is 6.26. The molecule has 1 rings (SSSR count). The molecular weight excluding hydrogens is 230 g/mol. The van der Waals surface area contributed by atoms with Crippen LogP contribution >= 0.6 is 0 Å². The van der Waals surface area contributed by atoms with Crippen LogP contribution in [0.2, 0.25) is 0 Å². The summed E-state index contributed by atoms with van der Waals surface area (Å²) in [5.41, 5.74) is 5.98. The van der Waals surface area contributed by atoms with Crippen LogP contribution in [0.25, 0.3) is 0 Å². The third-order valence-corrected chi connectivity index (χ3v) is 2.90. The zero-order valence-electron chi connectivity index (χ0n) is 11.5. The van der Waals surface area contributed by atoms with Crippen molar-refractivity contribution in [1.82, 2.24) is 20.4 Å². The van der Waals surface area contributed by atoms with Crippen LogP contribution < -0.4 is 11.1 Å². The fraction of sp³-hybridized carbons (Fsp3) is 0.667. The summed E-state index contributed by atoms with van der Waals surface area (Å²) in [5, 5.41) is 9.11. The maximum absolute atomic E-state index is 11.8. The first kappa shape index (κ1) is 14.5. The number of hydrogen-bond donors (Lipinski definition) is 3. The van der Waals surface area contributed by atoms with E-state index >= 15 is 0 Å². The average Bonchev–Trinajstić information content (AvgIpc) is 2.69. The van der Waals surface area contributed by atoms with Gasteiger partial charge in [-0.25, -0.2) is 0 Å². The summed E-state index contributed by atoms with van der Waals surface area (Å²) < 4.78 is 0. The maximum atomic E-state index is 11.8. The molecule has 1 amide bonds. The van der Waals surface area contributed by atoms with Crippen LogP contribution in [0.3, 0.4) is 0 Å². The van der Waals surface area contributed by atoms with Crippen LogP contribution in [-0.2, 0) is 0 Å². The highest BCUT2D eigenvalue weighted by molar-refractivity contribution is 5.98. The van der Waals surface area contributed by atoms with E-state index < -0.39 is 0 Å². The van der Waals surface area contributed by atoms with Crippen molar-refractivity contribution < 1.29 is 4.79 Å². The lowest BCUT2D eigenvalue weighted by atomic mass is 10.2. The number of amides is 1. The molecule has 18 heavy (non-hydrogen) atoms.